The van der Waals surface area contributed by atoms with Gasteiger partial charge in [0.25, 0.3) is 0 Å². The van der Waals surface area contributed by atoms with Gasteiger partial charge < -0.3 is 4.98 Å². The van der Waals surface area contributed by atoms with Crippen molar-refractivity contribution < 1.29 is 13.2 Å². The molecule has 0 saturated carbocycles. The molecule has 0 aliphatic heterocycles. The van der Waals surface area contributed by atoms with Gasteiger partial charge >= 0.3 is 6.18 Å². The SMILES string of the molecule is CCSc1c[nH]c2ccc(C(F)(F)F)cc12. The highest BCUT2D eigenvalue weighted by Crippen LogP contribution is 2.34. The van der Waals surface area contributed by atoms with Crippen molar-refractivity contribution >= 4 is 22.7 Å². The summed E-state index contributed by atoms with van der Waals surface area (Å²) in [6.07, 6.45) is -2.53. The van der Waals surface area contributed by atoms with Gasteiger partial charge in [-0.15, -0.1) is 11.8 Å². The molecule has 0 bridgehead atoms. The van der Waals surface area contributed by atoms with Crippen LogP contribution in [0.15, 0.2) is 29.3 Å². The van der Waals surface area contributed by atoms with Crippen LogP contribution in [0.2, 0.25) is 0 Å². The molecule has 0 radical (unpaired) electrons. The maximum atomic E-state index is 12.5. The molecule has 1 nitrogen and oxygen atoms in total. The topological polar surface area (TPSA) is 15.8 Å². The number of aromatic nitrogens is 1. The van der Waals surface area contributed by atoms with Crippen molar-refractivity contribution in [2.45, 2.75) is 18.0 Å². The van der Waals surface area contributed by atoms with Crippen molar-refractivity contribution in [3.8, 4) is 0 Å². The average molecular weight is 245 g/mol. The van der Waals surface area contributed by atoms with Crippen molar-refractivity contribution in [1.29, 1.82) is 0 Å². The van der Waals surface area contributed by atoms with Gasteiger partial charge in [0.05, 0.1) is 5.56 Å². The second-order valence-electron chi connectivity index (χ2n) is 3.34. The summed E-state index contributed by atoms with van der Waals surface area (Å²) in [6, 6.07) is 3.76. The van der Waals surface area contributed by atoms with E-state index in [1.165, 1.54) is 23.9 Å². The van der Waals surface area contributed by atoms with E-state index in [2.05, 4.69) is 4.98 Å². The number of hydrogen-bond donors (Lipinski definition) is 1. The molecule has 0 unspecified atom stereocenters. The van der Waals surface area contributed by atoms with Gasteiger partial charge in [0.1, 0.15) is 0 Å². The smallest absolute Gasteiger partial charge is 0.360 e. The molecule has 0 aliphatic carbocycles. The number of nitrogens with one attached hydrogen (secondary N) is 1. The minimum atomic E-state index is -4.28. The van der Waals surface area contributed by atoms with Crippen molar-refractivity contribution in [3.63, 3.8) is 0 Å². The van der Waals surface area contributed by atoms with E-state index in [-0.39, 0.29) is 0 Å². The molecule has 2 aromatic rings. The molecule has 1 aromatic carbocycles. The Bertz CT molecular complexity index is 501. The summed E-state index contributed by atoms with van der Waals surface area (Å²) in [4.78, 5) is 3.83. The molecule has 0 fully saturated rings. The number of H-pyrrole nitrogens is 1. The molecule has 2 rings (SSSR count). The monoisotopic (exact) mass is 245 g/mol. The van der Waals surface area contributed by atoms with Gasteiger partial charge in [-0.25, -0.2) is 0 Å². The van der Waals surface area contributed by atoms with Crippen molar-refractivity contribution in [1.82, 2.24) is 4.98 Å². The molecule has 0 atom stereocenters. The first-order chi connectivity index (χ1) is 7.52. The van der Waals surface area contributed by atoms with E-state index in [0.29, 0.717) is 5.39 Å². The van der Waals surface area contributed by atoms with Gasteiger partial charge in [-0.05, 0) is 24.0 Å². The number of aromatic amines is 1. The zero-order chi connectivity index (χ0) is 11.8. The first kappa shape index (κ1) is 11.4. The number of halogens is 3. The number of hydrogen-bond acceptors (Lipinski definition) is 1. The van der Waals surface area contributed by atoms with Gasteiger partial charge in [0, 0.05) is 22.0 Å². The van der Waals surface area contributed by atoms with E-state index in [4.69, 9.17) is 0 Å². The number of fused-ring (bicyclic) bond motifs is 1. The van der Waals surface area contributed by atoms with E-state index in [0.717, 1.165) is 22.2 Å². The predicted octanol–water partition coefficient (Wildman–Crippen LogP) is 4.30. The van der Waals surface area contributed by atoms with E-state index >= 15 is 0 Å². The van der Waals surface area contributed by atoms with Gasteiger partial charge in [-0.3, -0.25) is 0 Å². The van der Waals surface area contributed by atoms with Crippen LogP contribution in [0.3, 0.4) is 0 Å². The molecular formula is C11H10F3NS. The van der Waals surface area contributed by atoms with E-state index < -0.39 is 11.7 Å². The van der Waals surface area contributed by atoms with Gasteiger partial charge in [0.2, 0.25) is 0 Å². The first-order valence-corrected chi connectivity index (χ1v) is 5.82. The van der Waals surface area contributed by atoms with Crippen molar-refractivity contribution in [2.24, 2.45) is 0 Å². The Labute approximate surface area is 95.0 Å². The molecule has 0 saturated heterocycles. The van der Waals surface area contributed by atoms with Crippen LogP contribution < -0.4 is 0 Å². The van der Waals surface area contributed by atoms with Gasteiger partial charge in [-0.1, -0.05) is 6.92 Å². The van der Waals surface area contributed by atoms with Crippen LogP contribution in [-0.2, 0) is 6.18 Å². The molecule has 1 N–H and O–H groups in total. The third kappa shape index (κ3) is 2.04. The van der Waals surface area contributed by atoms with Crippen LogP contribution >= 0.6 is 11.8 Å². The molecule has 5 heteroatoms. The van der Waals surface area contributed by atoms with Gasteiger partial charge in [-0.2, -0.15) is 13.2 Å². The van der Waals surface area contributed by atoms with Crippen molar-refractivity contribution in [2.75, 3.05) is 5.75 Å². The number of thioether (sulfide) groups is 1. The lowest BCUT2D eigenvalue weighted by Gasteiger charge is -2.06. The fourth-order valence-corrected chi connectivity index (χ4v) is 2.32. The highest BCUT2D eigenvalue weighted by molar-refractivity contribution is 7.99. The lowest BCUT2D eigenvalue weighted by Crippen LogP contribution is -2.04. The van der Waals surface area contributed by atoms with Crippen LogP contribution in [0.25, 0.3) is 10.9 Å². The summed E-state index contributed by atoms with van der Waals surface area (Å²) in [5.41, 5.74) is 0.140. The molecule has 16 heavy (non-hydrogen) atoms. The minimum Gasteiger partial charge on any atom is -0.360 e. The number of rotatable bonds is 2. The summed E-state index contributed by atoms with van der Waals surface area (Å²) in [7, 11) is 0. The van der Waals surface area contributed by atoms with Crippen LogP contribution in [0.5, 0.6) is 0 Å². The maximum absolute atomic E-state index is 12.5. The van der Waals surface area contributed by atoms with E-state index in [1.807, 2.05) is 6.92 Å². The van der Waals surface area contributed by atoms with Crippen LogP contribution in [0.1, 0.15) is 12.5 Å². The molecule has 0 aliphatic rings. The van der Waals surface area contributed by atoms with E-state index in [9.17, 15) is 13.2 Å². The second kappa shape index (κ2) is 4.05. The Hall–Kier alpha value is -1.10. The number of benzene rings is 1. The predicted molar refractivity (Wildman–Crippen MR) is 59.7 cm³/mol. The first-order valence-electron chi connectivity index (χ1n) is 4.83. The Morgan fingerprint density at radius 1 is 1.31 bits per heavy atom. The highest BCUT2D eigenvalue weighted by Gasteiger charge is 2.30. The summed E-state index contributed by atoms with van der Waals surface area (Å²) in [6.45, 7) is 1.97. The average Bonchev–Trinajstić information content (AvgIpc) is 2.60. The van der Waals surface area contributed by atoms with Crippen LogP contribution in [0.4, 0.5) is 13.2 Å². The molecule has 1 aromatic heterocycles. The van der Waals surface area contributed by atoms with E-state index in [1.54, 1.807) is 6.20 Å². The highest BCUT2D eigenvalue weighted by atomic mass is 32.2. The quantitative estimate of drug-likeness (QED) is 0.780. The Morgan fingerprint density at radius 2 is 2.06 bits per heavy atom. The lowest BCUT2D eigenvalue weighted by molar-refractivity contribution is -0.137. The summed E-state index contributed by atoms with van der Waals surface area (Å²) in [5, 5.41) is 0.640. The Balaban J connectivity index is 2.54. The third-order valence-electron chi connectivity index (χ3n) is 2.27. The molecule has 86 valence electrons. The summed E-state index contributed by atoms with van der Waals surface area (Å²) in [5.74, 6) is 0.837. The zero-order valence-electron chi connectivity index (χ0n) is 8.56. The fraction of sp³-hybridized carbons (Fsp3) is 0.273. The zero-order valence-corrected chi connectivity index (χ0v) is 9.38. The molecular weight excluding hydrogens is 235 g/mol. The normalized spacial score (nSPS) is 12.2. The molecule has 0 amide bonds. The summed E-state index contributed by atoms with van der Waals surface area (Å²) >= 11 is 1.53. The summed E-state index contributed by atoms with van der Waals surface area (Å²) < 4.78 is 37.6. The third-order valence-corrected chi connectivity index (χ3v) is 3.21. The van der Waals surface area contributed by atoms with Crippen molar-refractivity contribution in [3.05, 3.63) is 30.0 Å². The largest absolute Gasteiger partial charge is 0.416 e. The molecule has 1 heterocycles. The van der Waals surface area contributed by atoms with Gasteiger partial charge in [0.15, 0.2) is 0 Å². The minimum absolute atomic E-state index is 0.599. The maximum Gasteiger partial charge on any atom is 0.416 e. The fourth-order valence-electron chi connectivity index (χ4n) is 1.55. The Kier molecular flexibility index (Phi) is 2.88. The Morgan fingerprint density at radius 3 is 2.69 bits per heavy atom. The van der Waals surface area contributed by atoms with Crippen LogP contribution in [-0.4, -0.2) is 10.7 Å². The van der Waals surface area contributed by atoms with Crippen LogP contribution in [0, 0.1) is 0 Å². The molecule has 0 spiro atoms. The second-order valence-corrected chi connectivity index (χ2v) is 4.65. The number of alkyl halides is 3. The lowest BCUT2D eigenvalue weighted by atomic mass is 10.1. The standard InChI is InChI=1S/C11H10F3NS/c1-2-16-10-6-15-9-4-3-7(5-8(9)10)11(12,13)14/h3-6,15H,2H2,1H3.